The molecule has 0 aromatic heterocycles. The first-order valence-corrected chi connectivity index (χ1v) is 7.98. The first-order chi connectivity index (χ1) is 9.67. The number of benzene rings is 1. The maximum atomic E-state index is 12.3. The third-order valence-electron chi connectivity index (χ3n) is 3.07. The van der Waals surface area contributed by atoms with E-state index in [1.54, 1.807) is 47.3 Å². The summed E-state index contributed by atoms with van der Waals surface area (Å²) < 4.78 is 12.1. The molecular weight excluding hydrogens is 296 g/mol. The van der Waals surface area contributed by atoms with Gasteiger partial charge in [-0.05, 0) is 12.1 Å². The number of nitrogens with zero attached hydrogens (tertiary/aromatic N) is 1. The van der Waals surface area contributed by atoms with Crippen molar-refractivity contribution in [2.45, 2.75) is 0 Å². The predicted octanol–water partition coefficient (Wildman–Crippen LogP) is 2.66. The van der Waals surface area contributed by atoms with E-state index in [0.717, 1.165) is 10.6 Å². The van der Waals surface area contributed by atoms with Crippen molar-refractivity contribution in [3.63, 3.8) is 0 Å². The van der Waals surface area contributed by atoms with Crippen molar-refractivity contribution in [1.82, 2.24) is 4.57 Å². The van der Waals surface area contributed by atoms with Crippen molar-refractivity contribution in [2.24, 2.45) is 0 Å². The van der Waals surface area contributed by atoms with Gasteiger partial charge in [-0.25, -0.2) is 0 Å². The van der Waals surface area contributed by atoms with Gasteiger partial charge >= 0.3 is 0 Å². The van der Waals surface area contributed by atoms with Crippen LogP contribution in [0.1, 0.15) is 0 Å². The molecule has 20 heavy (non-hydrogen) atoms. The predicted molar refractivity (Wildman–Crippen MR) is 81.9 cm³/mol. The van der Waals surface area contributed by atoms with Gasteiger partial charge in [0.15, 0.2) is 0 Å². The number of fused-ring (bicyclic) bond motifs is 1. The van der Waals surface area contributed by atoms with E-state index in [1.165, 1.54) is 10.3 Å². The van der Waals surface area contributed by atoms with Crippen molar-refractivity contribution in [1.29, 1.82) is 0 Å². The van der Waals surface area contributed by atoms with Gasteiger partial charge < -0.3 is 15.2 Å². The van der Waals surface area contributed by atoms with E-state index in [9.17, 15) is 4.79 Å². The average Bonchev–Trinajstić information content (AvgIpc) is 3.03. The van der Waals surface area contributed by atoms with Gasteiger partial charge in [-0.15, -0.1) is 0 Å². The van der Waals surface area contributed by atoms with E-state index >= 15 is 0 Å². The molecule has 0 saturated carbocycles. The minimum Gasteiger partial charge on any atom is -0.497 e. The van der Waals surface area contributed by atoms with Crippen molar-refractivity contribution in [3.8, 4) is 27.8 Å². The fraction of sp³-hybridized carbons (Fsp3) is 0.154. The molecule has 3 rings (SSSR count). The first-order valence-electron chi connectivity index (χ1n) is 5.77. The largest absolute Gasteiger partial charge is 0.497 e. The number of anilines is 1. The lowest BCUT2D eigenvalue weighted by atomic mass is 10.2. The molecule has 0 atom stereocenters. The first kappa shape index (κ1) is 13.0. The van der Waals surface area contributed by atoms with Crippen LogP contribution < -0.4 is 20.8 Å². The van der Waals surface area contributed by atoms with Gasteiger partial charge in [-0.3, -0.25) is 9.36 Å². The Labute approximate surface area is 122 Å². The Bertz CT molecular complexity index is 787. The molecule has 5 nitrogen and oxygen atoms in total. The van der Waals surface area contributed by atoms with Crippen LogP contribution in [-0.4, -0.2) is 18.8 Å². The molecule has 2 aliphatic heterocycles. The molecule has 0 fully saturated rings. The van der Waals surface area contributed by atoms with Crippen molar-refractivity contribution >= 4 is 26.4 Å². The number of rotatable bonds is 3. The Balaban J connectivity index is 2.29. The zero-order valence-electron chi connectivity index (χ0n) is 10.9. The summed E-state index contributed by atoms with van der Waals surface area (Å²) in [7, 11) is 6.19. The molecule has 2 aliphatic rings. The van der Waals surface area contributed by atoms with Crippen LogP contribution in [-0.2, 0) is 0 Å². The molecule has 2 heterocycles. The van der Waals surface area contributed by atoms with Crippen molar-refractivity contribution in [3.05, 3.63) is 33.9 Å². The topological polar surface area (TPSA) is 66.5 Å². The van der Waals surface area contributed by atoms with Crippen LogP contribution in [0.3, 0.4) is 0 Å². The highest BCUT2D eigenvalue weighted by molar-refractivity contribution is 7.70. The highest BCUT2D eigenvalue weighted by Crippen LogP contribution is 2.39. The van der Waals surface area contributed by atoms with Crippen LogP contribution in [0.25, 0.3) is 16.3 Å². The van der Waals surface area contributed by atoms with E-state index in [-0.39, 0.29) is 11.2 Å². The van der Waals surface area contributed by atoms with Gasteiger partial charge in [0.2, 0.25) is 0 Å². The number of hydrogen-bond acceptors (Lipinski definition) is 6. The van der Waals surface area contributed by atoms with Gasteiger partial charge in [0.1, 0.15) is 17.2 Å². The van der Waals surface area contributed by atoms with Gasteiger partial charge in [-0.2, -0.15) is 0 Å². The monoisotopic (exact) mass is 308 g/mol. The molecule has 0 saturated heterocycles. The average molecular weight is 308 g/mol. The summed E-state index contributed by atoms with van der Waals surface area (Å²) in [6, 6.07) is 5.32. The van der Waals surface area contributed by atoms with E-state index in [1.807, 2.05) is 5.38 Å². The SMILES string of the molecule is COc1ccc(-n2c3cssc-3c(N)c2=O)c(OC)c1. The van der Waals surface area contributed by atoms with Gasteiger partial charge in [0.25, 0.3) is 5.56 Å². The van der Waals surface area contributed by atoms with Crippen molar-refractivity contribution in [2.75, 3.05) is 20.0 Å². The Morgan fingerprint density at radius 2 is 2.05 bits per heavy atom. The maximum absolute atomic E-state index is 12.3. The number of hydrogen-bond donors (Lipinski definition) is 1. The summed E-state index contributed by atoms with van der Waals surface area (Å²) in [5, 5.41) is 1.92. The van der Waals surface area contributed by atoms with Crippen LogP contribution >= 0.6 is 20.7 Å². The molecule has 0 amide bonds. The van der Waals surface area contributed by atoms with E-state index in [0.29, 0.717) is 17.2 Å². The number of aromatic nitrogens is 1. The fourth-order valence-corrected chi connectivity index (χ4v) is 4.26. The molecule has 1 aromatic rings. The summed E-state index contributed by atoms with van der Waals surface area (Å²) >= 11 is 0. The van der Waals surface area contributed by atoms with Crippen LogP contribution in [0.5, 0.6) is 11.5 Å². The lowest BCUT2D eigenvalue weighted by molar-refractivity contribution is 0.393. The molecule has 104 valence electrons. The zero-order valence-corrected chi connectivity index (χ0v) is 12.5. The van der Waals surface area contributed by atoms with Crippen LogP contribution in [0.2, 0.25) is 0 Å². The summed E-state index contributed by atoms with van der Waals surface area (Å²) in [6.07, 6.45) is 0. The van der Waals surface area contributed by atoms with E-state index in [2.05, 4.69) is 0 Å². The zero-order chi connectivity index (χ0) is 14.3. The molecule has 0 bridgehead atoms. The number of ether oxygens (including phenoxy) is 2. The summed E-state index contributed by atoms with van der Waals surface area (Å²) in [4.78, 5) is 13.2. The summed E-state index contributed by atoms with van der Waals surface area (Å²) in [6.45, 7) is 0. The molecule has 1 aromatic carbocycles. The highest BCUT2D eigenvalue weighted by Gasteiger charge is 2.23. The molecule has 0 radical (unpaired) electrons. The molecule has 0 unspecified atom stereocenters. The summed E-state index contributed by atoms with van der Waals surface area (Å²) in [5.74, 6) is 1.23. The lowest BCUT2D eigenvalue weighted by Crippen LogP contribution is -2.16. The second kappa shape index (κ2) is 4.84. The maximum Gasteiger partial charge on any atom is 0.280 e. The third-order valence-corrected chi connectivity index (χ3v) is 5.16. The van der Waals surface area contributed by atoms with E-state index in [4.69, 9.17) is 15.2 Å². The molecule has 0 spiro atoms. The smallest absolute Gasteiger partial charge is 0.280 e. The minimum absolute atomic E-state index is 0.220. The second-order valence-electron chi connectivity index (χ2n) is 4.10. The molecular formula is C13H12N2O3S2. The molecule has 2 N–H and O–H groups in total. The Morgan fingerprint density at radius 1 is 1.25 bits per heavy atom. The fourth-order valence-electron chi connectivity index (χ4n) is 2.09. The quantitative estimate of drug-likeness (QED) is 0.755. The third kappa shape index (κ3) is 1.78. The van der Waals surface area contributed by atoms with E-state index < -0.39 is 0 Å². The van der Waals surface area contributed by atoms with Crippen LogP contribution in [0.4, 0.5) is 5.69 Å². The Kier molecular flexibility index (Phi) is 3.15. The molecule has 7 heteroatoms. The van der Waals surface area contributed by atoms with Gasteiger partial charge in [0, 0.05) is 11.4 Å². The Morgan fingerprint density at radius 3 is 2.75 bits per heavy atom. The van der Waals surface area contributed by atoms with Crippen molar-refractivity contribution < 1.29 is 9.47 Å². The number of methoxy groups -OCH3 is 2. The standard InChI is InChI=1S/C13H12N2O3S2/c1-17-7-3-4-8(10(5-7)18-2)15-9-6-19-20-12(9)11(14)13(15)16/h3-6H,14H2,1-2H3. The molecule has 0 aliphatic carbocycles. The lowest BCUT2D eigenvalue weighted by Gasteiger charge is -2.11. The Hall–Kier alpha value is -1.99. The summed E-state index contributed by atoms with van der Waals surface area (Å²) in [5.41, 5.74) is 7.42. The van der Waals surface area contributed by atoms with Crippen LogP contribution in [0.15, 0.2) is 28.4 Å². The van der Waals surface area contributed by atoms with Gasteiger partial charge in [-0.1, -0.05) is 20.7 Å². The minimum atomic E-state index is -0.220. The second-order valence-corrected chi connectivity index (χ2v) is 6.18. The van der Waals surface area contributed by atoms with Gasteiger partial charge in [0.05, 0.1) is 30.5 Å². The number of nitrogens with two attached hydrogens (primary N) is 1. The number of nitrogen functional groups attached to an aromatic ring is 1. The highest BCUT2D eigenvalue weighted by atomic mass is 32.9. The normalized spacial score (nSPS) is 10.9. The van der Waals surface area contributed by atoms with Crippen LogP contribution in [0, 0.1) is 0 Å².